The standard InChI is InChI=1S/C24H50N4O2/c1-19(2)17-23(11,27-25-21(5,6)7)29-15-13-14-16-30-24(12,18-20(3)4)28-26-22(8,9)10/h19-20H,13-18H2,1-12H3/b27-25+,28-26+. The van der Waals surface area contributed by atoms with Gasteiger partial charge in [-0.3, -0.25) is 0 Å². The molecule has 0 aromatic rings. The summed E-state index contributed by atoms with van der Waals surface area (Å²) in [7, 11) is 0. The Labute approximate surface area is 186 Å². The second-order valence-corrected chi connectivity index (χ2v) is 11.7. The third kappa shape index (κ3) is 15.9. The molecule has 6 heteroatoms. The van der Waals surface area contributed by atoms with Crippen LogP contribution in [0.5, 0.6) is 0 Å². The predicted octanol–water partition coefficient (Wildman–Crippen LogP) is 7.83. The van der Waals surface area contributed by atoms with Gasteiger partial charge in [0.2, 0.25) is 0 Å². The number of nitrogens with zero attached hydrogens (tertiary/aromatic N) is 4. The van der Waals surface area contributed by atoms with Crippen molar-refractivity contribution in [2.45, 2.75) is 131 Å². The monoisotopic (exact) mass is 426 g/mol. The second kappa shape index (κ2) is 12.2. The Morgan fingerprint density at radius 1 is 0.533 bits per heavy atom. The van der Waals surface area contributed by atoms with Crippen LogP contribution >= 0.6 is 0 Å². The number of azo groups is 2. The third-order valence-electron chi connectivity index (χ3n) is 4.06. The van der Waals surface area contributed by atoms with E-state index in [1.54, 1.807) is 0 Å². The predicted molar refractivity (Wildman–Crippen MR) is 126 cm³/mol. The van der Waals surface area contributed by atoms with Crippen molar-refractivity contribution >= 4 is 0 Å². The summed E-state index contributed by atoms with van der Waals surface area (Å²) < 4.78 is 12.3. The summed E-state index contributed by atoms with van der Waals surface area (Å²) in [5.41, 5.74) is -1.54. The molecule has 0 spiro atoms. The molecular weight excluding hydrogens is 376 g/mol. The Kier molecular flexibility index (Phi) is 11.9. The Bertz CT molecular complexity index is 484. The molecule has 0 amide bonds. The van der Waals surface area contributed by atoms with Gasteiger partial charge in [-0.25, -0.2) is 0 Å². The zero-order valence-electron chi connectivity index (χ0n) is 22.0. The van der Waals surface area contributed by atoms with Gasteiger partial charge in [0.15, 0.2) is 11.4 Å². The summed E-state index contributed by atoms with van der Waals surface area (Å²) in [5.74, 6) is 0.976. The first-order chi connectivity index (χ1) is 13.5. The maximum atomic E-state index is 6.17. The highest BCUT2D eigenvalue weighted by molar-refractivity contribution is 4.77. The minimum Gasteiger partial charge on any atom is -0.352 e. The molecular formula is C24H50N4O2. The third-order valence-corrected chi connectivity index (χ3v) is 4.06. The van der Waals surface area contributed by atoms with Crippen LogP contribution in [0.3, 0.4) is 0 Å². The van der Waals surface area contributed by atoms with E-state index in [-0.39, 0.29) is 11.1 Å². The molecule has 0 bridgehead atoms. The normalized spacial score (nSPS) is 17.9. The lowest BCUT2D eigenvalue weighted by Crippen LogP contribution is -2.30. The van der Waals surface area contributed by atoms with E-state index in [0.29, 0.717) is 25.0 Å². The molecule has 2 atom stereocenters. The quantitative estimate of drug-likeness (QED) is 0.222. The molecule has 0 saturated carbocycles. The number of unbranched alkanes of at least 4 members (excludes halogenated alkanes) is 1. The van der Waals surface area contributed by atoms with E-state index in [2.05, 4.69) is 89.7 Å². The van der Waals surface area contributed by atoms with E-state index in [9.17, 15) is 0 Å². The van der Waals surface area contributed by atoms with Crippen LogP contribution in [0.4, 0.5) is 0 Å². The molecule has 6 nitrogen and oxygen atoms in total. The van der Waals surface area contributed by atoms with Gasteiger partial charge >= 0.3 is 0 Å². The van der Waals surface area contributed by atoms with Crippen molar-refractivity contribution in [3.63, 3.8) is 0 Å². The van der Waals surface area contributed by atoms with Crippen LogP contribution in [0.25, 0.3) is 0 Å². The first kappa shape index (κ1) is 29.1. The van der Waals surface area contributed by atoms with Crippen LogP contribution in [0.15, 0.2) is 20.5 Å². The van der Waals surface area contributed by atoms with Crippen LogP contribution in [0, 0.1) is 11.8 Å². The van der Waals surface area contributed by atoms with E-state index in [0.717, 1.165) is 25.7 Å². The molecule has 178 valence electrons. The molecule has 0 N–H and O–H groups in total. The molecule has 0 fully saturated rings. The Morgan fingerprint density at radius 2 is 0.833 bits per heavy atom. The lowest BCUT2D eigenvalue weighted by molar-refractivity contribution is -0.0623. The Balaban J connectivity index is 4.67. The van der Waals surface area contributed by atoms with Crippen molar-refractivity contribution in [3.05, 3.63) is 0 Å². The molecule has 0 aliphatic heterocycles. The summed E-state index contributed by atoms with van der Waals surface area (Å²) in [6.07, 6.45) is 3.52. The Morgan fingerprint density at radius 3 is 1.07 bits per heavy atom. The first-order valence-electron chi connectivity index (χ1n) is 11.6. The topological polar surface area (TPSA) is 67.9 Å². The van der Waals surface area contributed by atoms with Crippen LogP contribution in [0.2, 0.25) is 0 Å². The maximum Gasteiger partial charge on any atom is 0.176 e. The molecule has 0 rings (SSSR count). The van der Waals surface area contributed by atoms with Gasteiger partial charge in [-0.05, 0) is 80.1 Å². The highest BCUT2D eigenvalue weighted by Gasteiger charge is 2.28. The van der Waals surface area contributed by atoms with Gasteiger partial charge in [-0.15, -0.1) is 0 Å². The average molecular weight is 427 g/mol. The molecule has 0 aromatic heterocycles. The Hall–Kier alpha value is -0.880. The fourth-order valence-electron chi connectivity index (χ4n) is 3.07. The largest absolute Gasteiger partial charge is 0.352 e. The number of ether oxygens (including phenoxy) is 2. The minimum atomic E-state index is -0.574. The SMILES string of the molecule is CC(C)CC(C)(/N=N/C(C)(C)C)OCCCCOC(C)(CC(C)C)/N=N/C(C)(C)C. The van der Waals surface area contributed by atoms with Gasteiger partial charge in [0, 0.05) is 26.1 Å². The average Bonchev–Trinajstić information content (AvgIpc) is 2.52. The van der Waals surface area contributed by atoms with E-state index in [1.165, 1.54) is 0 Å². The summed E-state index contributed by atoms with van der Waals surface area (Å²) in [5, 5.41) is 18.0. The van der Waals surface area contributed by atoms with Crippen LogP contribution in [0.1, 0.15) is 109 Å². The first-order valence-corrected chi connectivity index (χ1v) is 11.6. The molecule has 0 aliphatic carbocycles. The number of hydrogen-bond acceptors (Lipinski definition) is 6. The van der Waals surface area contributed by atoms with Crippen LogP contribution < -0.4 is 0 Å². The molecule has 0 saturated heterocycles. The summed E-state index contributed by atoms with van der Waals surface area (Å²) in [6.45, 7) is 26.4. The van der Waals surface area contributed by atoms with Crippen LogP contribution in [-0.2, 0) is 9.47 Å². The lowest BCUT2D eigenvalue weighted by atomic mass is 10.0. The van der Waals surface area contributed by atoms with E-state index >= 15 is 0 Å². The van der Waals surface area contributed by atoms with Crippen molar-refractivity contribution < 1.29 is 9.47 Å². The summed E-state index contributed by atoms with van der Waals surface area (Å²) in [4.78, 5) is 0. The van der Waals surface area contributed by atoms with Gasteiger partial charge in [0.1, 0.15) is 0 Å². The van der Waals surface area contributed by atoms with Gasteiger partial charge in [-0.1, -0.05) is 27.7 Å². The highest BCUT2D eigenvalue weighted by atomic mass is 16.5. The van der Waals surface area contributed by atoms with Gasteiger partial charge < -0.3 is 9.47 Å². The van der Waals surface area contributed by atoms with Gasteiger partial charge in [0.25, 0.3) is 0 Å². The second-order valence-electron chi connectivity index (χ2n) is 11.7. The lowest BCUT2D eigenvalue weighted by Gasteiger charge is -2.28. The van der Waals surface area contributed by atoms with E-state index < -0.39 is 11.4 Å². The summed E-state index contributed by atoms with van der Waals surface area (Å²) >= 11 is 0. The number of hydrogen-bond donors (Lipinski definition) is 0. The van der Waals surface area contributed by atoms with E-state index in [4.69, 9.17) is 9.47 Å². The molecule has 30 heavy (non-hydrogen) atoms. The fraction of sp³-hybridized carbons (Fsp3) is 1.00. The smallest absolute Gasteiger partial charge is 0.176 e. The van der Waals surface area contributed by atoms with Gasteiger partial charge in [0.05, 0.1) is 11.1 Å². The molecule has 2 unspecified atom stereocenters. The maximum absolute atomic E-state index is 6.17. The van der Waals surface area contributed by atoms with Gasteiger partial charge in [-0.2, -0.15) is 20.5 Å². The molecule has 0 heterocycles. The van der Waals surface area contributed by atoms with Crippen LogP contribution in [-0.4, -0.2) is 35.7 Å². The highest BCUT2D eigenvalue weighted by Crippen LogP contribution is 2.27. The van der Waals surface area contributed by atoms with Crippen molar-refractivity contribution in [1.82, 2.24) is 0 Å². The van der Waals surface area contributed by atoms with Crippen molar-refractivity contribution in [2.24, 2.45) is 32.3 Å². The molecule has 0 radical (unpaired) electrons. The van der Waals surface area contributed by atoms with Crippen molar-refractivity contribution in [2.75, 3.05) is 13.2 Å². The minimum absolute atomic E-state index is 0.197. The molecule has 0 aromatic carbocycles. The molecule has 0 aliphatic rings. The number of rotatable bonds is 13. The zero-order valence-corrected chi connectivity index (χ0v) is 22.0. The summed E-state index contributed by atoms with van der Waals surface area (Å²) in [6, 6.07) is 0. The zero-order chi connectivity index (χ0) is 23.6. The van der Waals surface area contributed by atoms with Crippen molar-refractivity contribution in [1.29, 1.82) is 0 Å². The fourth-order valence-corrected chi connectivity index (χ4v) is 3.07. The van der Waals surface area contributed by atoms with Crippen molar-refractivity contribution in [3.8, 4) is 0 Å². The van der Waals surface area contributed by atoms with E-state index in [1.807, 2.05) is 13.8 Å².